The van der Waals surface area contributed by atoms with Crippen molar-refractivity contribution >= 4 is 0 Å². The second-order valence-corrected chi connectivity index (χ2v) is 6.47. The SMILES string of the molecule is CC(CN)NC1CC2CCC1(C)C2(C)C. The number of rotatable bonds is 3. The topological polar surface area (TPSA) is 38.0 Å². The van der Waals surface area contributed by atoms with Crippen LogP contribution in [-0.4, -0.2) is 18.6 Å². The lowest BCUT2D eigenvalue weighted by atomic mass is 9.69. The summed E-state index contributed by atoms with van der Waals surface area (Å²) in [4.78, 5) is 0. The summed E-state index contributed by atoms with van der Waals surface area (Å²) in [6.07, 6.45) is 4.17. The maximum atomic E-state index is 5.70. The zero-order valence-corrected chi connectivity index (χ0v) is 10.6. The van der Waals surface area contributed by atoms with E-state index in [1.165, 1.54) is 19.3 Å². The first-order chi connectivity index (χ1) is 6.91. The van der Waals surface area contributed by atoms with Crippen LogP contribution < -0.4 is 11.1 Å². The van der Waals surface area contributed by atoms with Gasteiger partial charge in [-0.25, -0.2) is 0 Å². The molecule has 15 heavy (non-hydrogen) atoms. The van der Waals surface area contributed by atoms with Crippen molar-refractivity contribution in [3.63, 3.8) is 0 Å². The molecule has 0 amide bonds. The molecule has 0 aromatic heterocycles. The summed E-state index contributed by atoms with van der Waals surface area (Å²) in [6.45, 7) is 10.3. The third-order valence-electron chi connectivity index (χ3n) is 5.63. The first kappa shape index (κ1) is 11.4. The summed E-state index contributed by atoms with van der Waals surface area (Å²) in [7, 11) is 0. The van der Waals surface area contributed by atoms with Crippen LogP contribution in [0.5, 0.6) is 0 Å². The second kappa shape index (κ2) is 3.46. The van der Waals surface area contributed by atoms with Crippen molar-refractivity contribution in [2.75, 3.05) is 6.54 Å². The van der Waals surface area contributed by atoms with Crippen molar-refractivity contribution in [2.24, 2.45) is 22.5 Å². The lowest BCUT2D eigenvalue weighted by Gasteiger charge is -2.40. The third kappa shape index (κ3) is 1.45. The van der Waals surface area contributed by atoms with Gasteiger partial charge in [-0.05, 0) is 42.9 Å². The van der Waals surface area contributed by atoms with Gasteiger partial charge in [0.25, 0.3) is 0 Å². The highest BCUT2D eigenvalue weighted by Gasteiger charge is 2.61. The van der Waals surface area contributed by atoms with E-state index in [0.717, 1.165) is 12.5 Å². The molecule has 0 saturated heterocycles. The summed E-state index contributed by atoms with van der Waals surface area (Å²) in [5.74, 6) is 0.921. The Hall–Kier alpha value is -0.0800. The summed E-state index contributed by atoms with van der Waals surface area (Å²) < 4.78 is 0. The zero-order chi connectivity index (χ0) is 11.3. The van der Waals surface area contributed by atoms with Crippen molar-refractivity contribution in [1.29, 1.82) is 0 Å². The quantitative estimate of drug-likeness (QED) is 0.749. The predicted molar refractivity (Wildman–Crippen MR) is 64.7 cm³/mol. The van der Waals surface area contributed by atoms with E-state index in [0.29, 0.717) is 22.9 Å². The third-order valence-corrected chi connectivity index (χ3v) is 5.63. The van der Waals surface area contributed by atoms with E-state index in [2.05, 4.69) is 33.0 Å². The fourth-order valence-electron chi connectivity index (χ4n) is 3.87. The van der Waals surface area contributed by atoms with Gasteiger partial charge in [0.05, 0.1) is 0 Å². The molecule has 88 valence electrons. The van der Waals surface area contributed by atoms with Gasteiger partial charge in [0, 0.05) is 18.6 Å². The highest BCUT2D eigenvalue weighted by Crippen LogP contribution is 2.65. The number of nitrogens with one attached hydrogen (secondary N) is 1. The molecule has 2 nitrogen and oxygen atoms in total. The molecule has 4 atom stereocenters. The molecule has 2 aliphatic rings. The molecule has 2 rings (SSSR count). The van der Waals surface area contributed by atoms with Crippen LogP contribution in [0, 0.1) is 16.7 Å². The van der Waals surface area contributed by atoms with Crippen LogP contribution in [0.1, 0.15) is 47.0 Å². The zero-order valence-electron chi connectivity index (χ0n) is 10.6. The lowest BCUT2D eigenvalue weighted by molar-refractivity contribution is 0.117. The molecule has 2 aliphatic carbocycles. The van der Waals surface area contributed by atoms with E-state index < -0.39 is 0 Å². The standard InChI is InChI=1S/C13H26N2/c1-9(8-14)15-11-7-10-5-6-13(11,4)12(10,2)3/h9-11,15H,5-8,14H2,1-4H3. The van der Waals surface area contributed by atoms with E-state index in [9.17, 15) is 0 Å². The normalized spacial score (nSPS) is 44.6. The van der Waals surface area contributed by atoms with Crippen LogP contribution in [0.3, 0.4) is 0 Å². The molecule has 0 radical (unpaired) electrons. The first-order valence-electron chi connectivity index (χ1n) is 6.38. The molecule has 2 fully saturated rings. The van der Waals surface area contributed by atoms with Gasteiger partial charge in [0.2, 0.25) is 0 Å². The van der Waals surface area contributed by atoms with Gasteiger partial charge in [-0.2, -0.15) is 0 Å². The molecule has 2 heteroatoms. The second-order valence-electron chi connectivity index (χ2n) is 6.47. The van der Waals surface area contributed by atoms with E-state index in [1.807, 2.05) is 0 Å². The highest BCUT2D eigenvalue weighted by atomic mass is 15.0. The first-order valence-corrected chi connectivity index (χ1v) is 6.38. The van der Waals surface area contributed by atoms with Crippen LogP contribution in [0.2, 0.25) is 0 Å². The summed E-state index contributed by atoms with van der Waals surface area (Å²) in [5, 5.41) is 3.73. The van der Waals surface area contributed by atoms with Gasteiger partial charge in [0.15, 0.2) is 0 Å². The van der Waals surface area contributed by atoms with Gasteiger partial charge >= 0.3 is 0 Å². The monoisotopic (exact) mass is 210 g/mol. The van der Waals surface area contributed by atoms with Gasteiger partial charge in [-0.15, -0.1) is 0 Å². The maximum absolute atomic E-state index is 5.70. The van der Waals surface area contributed by atoms with Crippen molar-refractivity contribution in [2.45, 2.75) is 59.0 Å². The molecule has 0 aliphatic heterocycles. The van der Waals surface area contributed by atoms with E-state index >= 15 is 0 Å². The Morgan fingerprint density at radius 2 is 2.07 bits per heavy atom. The molecule has 0 aromatic carbocycles. The Kier molecular flexibility index (Phi) is 2.63. The number of hydrogen-bond donors (Lipinski definition) is 2. The minimum atomic E-state index is 0.460. The smallest absolute Gasteiger partial charge is 0.0164 e. The van der Waals surface area contributed by atoms with Gasteiger partial charge in [-0.1, -0.05) is 20.8 Å². The highest BCUT2D eigenvalue weighted by molar-refractivity contribution is 5.13. The Morgan fingerprint density at radius 1 is 1.40 bits per heavy atom. The molecule has 0 aromatic rings. The molecule has 0 spiro atoms. The molecule has 2 saturated carbocycles. The molecular weight excluding hydrogens is 184 g/mol. The number of nitrogens with two attached hydrogens (primary N) is 1. The summed E-state index contributed by atoms with van der Waals surface area (Å²) in [6, 6.07) is 1.15. The average Bonchev–Trinajstić information content (AvgIpc) is 2.50. The Balaban J connectivity index is 2.12. The van der Waals surface area contributed by atoms with Crippen LogP contribution in [0.25, 0.3) is 0 Å². The fraction of sp³-hybridized carbons (Fsp3) is 1.00. The Labute approximate surface area is 94.0 Å². The fourth-order valence-corrected chi connectivity index (χ4v) is 3.87. The number of fused-ring (bicyclic) bond motifs is 2. The minimum absolute atomic E-state index is 0.460. The van der Waals surface area contributed by atoms with Crippen LogP contribution in [-0.2, 0) is 0 Å². The summed E-state index contributed by atoms with van der Waals surface area (Å²) >= 11 is 0. The number of hydrogen-bond acceptors (Lipinski definition) is 2. The van der Waals surface area contributed by atoms with Gasteiger partial charge < -0.3 is 11.1 Å². The van der Waals surface area contributed by atoms with Crippen molar-refractivity contribution in [1.82, 2.24) is 5.32 Å². The molecule has 0 heterocycles. The molecule has 2 bridgehead atoms. The van der Waals surface area contributed by atoms with Crippen molar-refractivity contribution < 1.29 is 0 Å². The Bertz CT molecular complexity index is 249. The average molecular weight is 210 g/mol. The van der Waals surface area contributed by atoms with E-state index in [1.54, 1.807) is 0 Å². The van der Waals surface area contributed by atoms with Crippen LogP contribution in [0.4, 0.5) is 0 Å². The van der Waals surface area contributed by atoms with Crippen molar-refractivity contribution in [3.05, 3.63) is 0 Å². The van der Waals surface area contributed by atoms with E-state index in [-0.39, 0.29) is 0 Å². The maximum Gasteiger partial charge on any atom is 0.0164 e. The Morgan fingerprint density at radius 3 is 2.47 bits per heavy atom. The predicted octanol–water partition coefficient (Wildman–Crippen LogP) is 2.14. The van der Waals surface area contributed by atoms with Crippen LogP contribution >= 0.6 is 0 Å². The van der Waals surface area contributed by atoms with Crippen molar-refractivity contribution in [3.8, 4) is 0 Å². The minimum Gasteiger partial charge on any atom is -0.329 e. The van der Waals surface area contributed by atoms with Gasteiger partial charge in [0.1, 0.15) is 0 Å². The van der Waals surface area contributed by atoms with Crippen LogP contribution in [0.15, 0.2) is 0 Å². The van der Waals surface area contributed by atoms with E-state index in [4.69, 9.17) is 5.73 Å². The van der Waals surface area contributed by atoms with Gasteiger partial charge in [-0.3, -0.25) is 0 Å². The summed E-state index contributed by atoms with van der Waals surface area (Å²) in [5.41, 5.74) is 6.70. The molecular formula is C13H26N2. The largest absolute Gasteiger partial charge is 0.329 e. The lowest BCUT2D eigenvalue weighted by Crippen LogP contribution is -2.49. The molecule has 4 unspecified atom stereocenters. The molecule has 3 N–H and O–H groups in total.